The number of nitrogens with zero attached hydrogens (tertiary/aromatic N) is 2. The number of aromatic nitrogens is 2. The summed E-state index contributed by atoms with van der Waals surface area (Å²) in [4.78, 5) is 35.5. The Labute approximate surface area is 181 Å². The molecule has 162 valence electrons. The van der Waals surface area contributed by atoms with Crippen molar-refractivity contribution in [2.45, 2.75) is 38.8 Å². The van der Waals surface area contributed by atoms with Crippen LogP contribution in [-0.2, 0) is 16.1 Å². The van der Waals surface area contributed by atoms with E-state index >= 15 is 0 Å². The van der Waals surface area contributed by atoms with E-state index in [1.165, 1.54) is 0 Å². The standard InChI is InChI=1S/C24H28N4O3/c1-3-4-13-28-22(29)14-18(23(28)16-9-11-17(31-2)12-10-16)24(30)25-15-21-26-19-7-5-6-8-20(19)27-21/h5-12,18,23H,3-4,13-15H2,1-2H3,(H,25,30)(H,26,27). The number of para-hydroxylation sites is 2. The van der Waals surface area contributed by atoms with Crippen molar-refractivity contribution >= 4 is 22.8 Å². The minimum atomic E-state index is -0.442. The van der Waals surface area contributed by atoms with Crippen molar-refractivity contribution in [1.82, 2.24) is 20.2 Å². The van der Waals surface area contributed by atoms with Crippen LogP contribution in [-0.4, -0.2) is 40.3 Å². The second-order valence-corrected chi connectivity index (χ2v) is 7.89. The second kappa shape index (κ2) is 9.20. The summed E-state index contributed by atoms with van der Waals surface area (Å²) < 4.78 is 5.26. The minimum absolute atomic E-state index is 0.0261. The largest absolute Gasteiger partial charge is 0.497 e. The molecule has 2 amide bonds. The number of hydrogen-bond acceptors (Lipinski definition) is 4. The molecule has 0 saturated carbocycles. The number of carbonyl (C=O) groups excluding carboxylic acids is 2. The number of carbonyl (C=O) groups is 2. The Morgan fingerprint density at radius 1 is 1.23 bits per heavy atom. The van der Waals surface area contributed by atoms with Gasteiger partial charge in [-0.1, -0.05) is 37.6 Å². The van der Waals surface area contributed by atoms with Gasteiger partial charge in [-0.15, -0.1) is 0 Å². The average molecular weight is 421 g/mol. The summed E-state index contributed by atoms with van der Waals surface area (Å²) in [6.07, 6.45) is 2.11. The van der Waals surface area contributed by atoms with Crippen molar-refractivity contribution in [1.29, 1.82) is 0 Å². The van der Waals surface area contributed by atoms with Crippen molar-refractivity contribution in [2.75, 3.05) is 13.7 Å². The van der Waals surface area contributed by atoms with Gasteiger partial charge < -0.3 is 19.9 Å². The number of rotatable bonds is 8. The van der Waals surface area contributed by atoms with Gasteiger partial charge in [0, 0.05) is 13.0 Å². The molecule has 1 aliphatic heterocycles. The lowest BCUT2D eigenvalue weighted by molar-refractivity contribution is -0.129. The molecular formula is C24H28N4O3. The van der Waals surface area contributed by atoms with Crippen LogP contribution in [0.3, 0.4) is 0 Å². The first-order valence-electron chi connectivity index (χ1n) is 10.8. The molecule has 2 atom stereocenters. The van der Waals surface area contributed by atoms with E-state index in [1.807, 2.05) is 53.4 Å². The van der Waals surface area contributed by atoms with Crippen LogP contribution < -0.4 is 10.1 Å². The molecule has 31 heavy (non-hydrogen) atoms. The lowest BCUT2D eigenvalue weighted by Gasteiger charge is -2.28. The van der Waals surface area contributed by atoms with E-state index in [1.54, 1.807) is 7.11 Å². The van der Waals surface area contributed by atoms with E-state index in [2.05, 4.69) is 22.2 Å². The SMILES string of the molecule is CCCCN1C(=O)CC(C(=O)NCc2nc3ccccc3[nH]2)C1c1ccc(OC)cc1. The zero-order valence-corrected chi connectivity index (χ0v) is 17.9. The maximum absolute atomic E-state index is 13.1. The molecule has 3 aromatic rings. The zero-order chi connectivity index (χ0) is 21.8. The third-order valence-corrected chi connectivity index (χ3v) is 5.85. The number of H-pyrrole nitrogens is 1. The van der Waals surface area contributed by atoms with Crippen LogP contribution in [0.25, 0.3) is 11.0 Å². The number of likely N-dealkylation sites (tertiary alicyclic amines) is 1. The smallest absolute Gasteiger partial charge is 0.226 e. The summed E-state index contributed by atoms with van der Waals surface area (Å²) in [6.45, 7) is 3.04. The third-order valence-electron chi connectivity index (χ3n) is 5.85. The number of benzene rings is 2. The van der Waals surface area contributed by atoms with Gasteiger partial charge in [-0.2, -0.15) is 0 Å². The van der Waals surface area contributed by atoms with Gasteiger partial charge in [0.05, 0.1) is 36.6 Å². The van der Waals surface area contributed by atoms with E-state index in [9.17, 15) is 9.59 Å². The Kier molecular flexibility index (Phi) is 6.21. The van der Waals surface area contributed by atoms with Crippen LogP contribution in [0.5, 0.6) is 5.75 Å². The van der Waals surface area contributed by atoms with Gasteiger partial charge in [-0.05, 0) is 36.2 Å². The first kappa shape index (κ1) is 20.9. The minimum Gasteiger partial charge on any atom is -0.497 e. The van der Waals surface area contributed by atoms with Crippen molar-refractivity contribution < 1.29 is 14.3 Å². The summed E-state index contributed by atoms with van der Waals surface area (Å²) in [5, 5.41) is 2.99. The maximum atomic E-state index is 13.1. The average Bonchev–Trinajstić information content (AvgIpc) is 3.36. The lowest BCUT2D eigenvalue weighted by Crippen LogP contribution is -2.36. The molecule has 2 N–H and O–H groups in total. The molecule has 1 aliphatic rings. The van der Waals surface area contributed by atoms with Crippen molar-refractivity contribution in [2.24, 2.45) is 5.92 Å². The van der Waals surface area contributed by atoms with Gasteiger partial charge in [0.15, 0.2) is 0 Å². The number of fused-ring (bicyclic) bond motifs is 1. The van der Waals surface area contributed by atoms with Crippen molar-refractivity contribution in [3.8, 4) is 5.75 Å². The lowest BCUT2D eigenvalue weighted by atomic mass is 9.92. The first-order valence-corrected chi connectivity index (χ1v) is 10.8. The van der Waals surface area contributed by atoms with Crippen LogP contribution in [0, 0.1) is 5.92 Å². The van der Waals surface area contributed by atoms with Gasteiger partial charge >= 0.3 is 0 Å². The number of imidazole rings is 1. The first-order chi connectivity index (χ1) is 15.1. The maximum Gasteiger partial charge on any atom is 0.226 e. The number of methoxy groups -OCH3 is 1. The van der Waals surface area contributed by atoms with Gasteiger partial charge in [0.1, 0.15) is 11.6 Å². The quantitative estimate of drug-likeness (QED) is 0.583. The van der Waals surface area contributed by atoms with Gasteiger partial charge in [0.25, 0.3) is 0 Å². The second-order valence-electron chi connectivity index (χ2n) is 7.89. The Morgan fingerprint density at radius 3 is 2.71 bits per heavy atom. The Hall–Kier alpha value is -3.35. The fourth-order valence-electron chi connectivity index (χ4n) is 4.22. The molecule has 0 aliphatic carbocycles. The number of hydrogen-bond donors (Lipinski definition) is 2. The summed E-state index contributed by atoms with van der Waals surface area (Å²) in [5.74, 6) is 0.899. The summed E-state index contributed by atoms with van der Waals surface area (Å²) in [7, 11) is 1.62. The predicted octanol–water partition coefficient (Wildman–Crippen LogP) is 3.58. The van der Waals surface area contributed by atoms with E-state index in [4.69, 9.17) is 4.74 Å². The van der Waals surface area contributed by atoms with Crippen LogP contribution in [0.4, 0.5) is 0 Å². The van der Waals surface area contributed by atoms with E-state index in [-0.39, 0.29) is 24.3 Å². The topological polar surface area (TPSA) is 87.3 Å². The highest BCUT2D eigenvalue weighted by molar-refractivity contribution is 5.90. The highest BCUT2D eigenvalue weighted by Crippen LogP contribution is 2.39. The van der Waals surface area contributed by atoms with Crippen LogP contribution >= 0.6 is 0 Å². The Bertz CT molecular complexity index is 1030. The van der Waals surface area contributed by atoms with Gasteiger partial charge in [-0.3, -0.25) is 9.59 Å². The van der Waals surface area contributed by atoms with E-state index in [0.29, 0.717) is 18.9 Å². The van der Waals surface area contributed by atoms with E-state index in [0.717, 1.165) is 35.2 Å². The summed E-state index contributed by atoms with van der Waals surface area (Å²) >= 11 is 0. The molecule has 0 radical (unpaired) electrons. The Balaban J connectivity index is 1.52. The molecule has 2 heterocycles. The fraction of sp³-hybridized carbons (Fsp3) is 0.375. The van der Waals surface area contributed by atoms with E-state index < -0.39 is 5.92 Å². The Morgan fingerprint density at radius 2 is 2.00 bits per heavy atom. The molecule has 0 bridgehead atoms. The molecule has 1 fully saturated rings. The molecule has 2 unspecified atom stereocenters. The van der Waals surface area contributed by atoms with Crippen molar-refractivity contribution in [3.63, 3.8) is 0 Å². The number of unbranched alkanes of at least 4 members (excludes halogenated alkanes) is 1. The van der Waals surface area contributed by atoms with Gasteiger partial charge in [-0.25, -0.2) is 4.98 Å². The highest BCUT2D eigenvalue weighted by Gasteiger charge is 2.44. The molecule has 1 saturated heterocycles. The highest BCUT2D eigenvalue weighted by atomic mass is 16.5. The monoisotopic (exact) mass is 420 g/mol. The molecule has 7 heteroatoms. The fourth-order valence-corrected chi connectivity index (χ4v) is 4.22. The molecule has 2 aromatic carbocycles. The molecular weight excluding hydrogens is 392 g/mol. The predicted molar refractivity (Wildman–Crippen MR) is 118 cm³/mol. The number of nitrogens with one attached hydrogen (secondary N) is 2. The molecule has 0 spiro atoms. The molecule has 1 aromatic heterocycles. The number of amides is 2. The number of aromatic amines is 1. The van der Waals surface area contributed by atoms with Crippen molar-refractivity contribution in [3.05, 3.63) is 59.9 Å². The van der Waals surface area contributed by atoms with Crippen LogP contribution in [0.2, 0.25) is 0 Å². The zero-order valence-electron chi connectivity index (χ0n) is 17.9. The summed E-state index contributed by atoms with van der Waals surface area (Å²) in [6, 6.07) is 15.1. The van der Waals surface area contributed by atoms with Crippen LogP contribution in [0.1, 0.15) is 43.6 Å². The third kappa shape index (κ3) is 4.40. The summed E-state index contributed by atoms with van der Waals surface area (Å²) in [5.41, 5.74) is 2.75. The van der Waals surface area contributed by atoms with Crippen LogP contribution in [0.15, 0.2) is 48.5 Å². The number of ether oxygens (including phenoxy) is 1. The molecule has 7 nitrogen and oxygen atoms in total. The normalized spacial score (nSPS) is 18.5. The van der Waals surface area contributed by atoms with Gasteiger partial charge in [0.2, 0.25) is 11.8 Å². The molecule has 4 rings (SSSR count).